The molecule has 0 spiro atoms. The third kappa shape index (κ3) is 4.50. The molecule has 1 heterocycles. The van der Waals surface area contributed by atoms with Crippen molar-refractivity contribution < 1.29 is 19.8 Å². The molecule has 1 aliphatic rings. The summed E-state index contributed by atoms with van der Waals surface area (Å²) in [4.78, 5) is 27.6. The molecule has 0 aromatic heterocycles. The third-order valence-electron chi connectivity index (χ3n) is 6.02. The Morgan fingerprint density at radius 1 is 1.06 bits per heavy atom. The summed E-state index contributed by atoms with van der Waals surface area (Å²) in [6, 6.07) is 19.1. The van der Waals surface area contributed by atoms with Crippen LogP contribution in [0.4, 0.5) is 11.4 Å². The minimum atomic E-state index is -1.40. The SMILES string of the molecule is Cc1ccccc1C(=O)Nc1ccc(C(=O)N2CCCC(O)(CO)c3ccccc32)c(Cl)c1. The Morgan fingerprint density at radius 2 is 1.79 bits per heavy atom. The summed E-state index contributed by atoms with van der Waals surface area (Å²) in [5.74, 6) is -0.570. The average Bonchev–Trinajstić information content (AvgIpc) is 2.96. The van der Waals surface area contributed by atoms with E-state index in [4.69, 9.17) is 11.6 Å². The Kier molecular flexibility index (Phi) is 6.51. The van der Waals surface area contributed by atoms with Gasteiger partial charge in [-0.1, -0.05) is 48.0 Å². The molecule has 6 nitrogen and oxygen atoms in total. The second-order valence-corrected chi connectivity index (χ2v) is 8.64. The van der Waals surface area contributed by atoms with E-state index < -0.39 is 12.2 Å². The molecule has 4 rings (SSSR count). The number of amides is 2. The van der Waals surface area contributed by atoms with Gasteiger partial charge in [0.2, 0.25) is 0 Å². The van der Waals surface area contributed by atoms with Gasteiger partial charge in [-0.15, -0.1) is 0 Å². The third-order valence-corrected chi connectivity index (χ3v) is 6.33. The molecule has 1 aliphatic heterocycles. The second kappa shape index (κ2) is 9.35. The van der Waals surface area contributed by atoms with Crippen LogP contribution in [0.15, 0.2) is 66.7 Å². The number of carbonyl (C=O) groups excluding carboxylic acids is 2. The van der Waals surface area contributed by atoms with Crippen LogP contribution in [0.5, 0.6) is 0 Å². The molecule has 33 heavy (non-hydrogen) atoms. The molecular weight excluding hydrogens is 440 g/mol. The second-order valence-electron chi connectivity index (χ2n) is 8.23. The molecule has 1 unspecified atom stereocenters. The van der Waals surface area contributed by atoms with Gasteiger partial charge in [0, 0.05) is 23.4 Å². The zero-order chi connectivity index (χ0) is 23.6. The van der Waals surface area contributed by atoms with E-state index in [2.05, 4.69) is 5.32 Å². The van der Waals surface area contributed by atoms with Gasteiger partial charge in [0.05, 0.1) is 22.9 Å². The molecular formula is C26H25ClN2O4. The number of nitrogens with one attached hydrogen (secondary N) is 1. The van der Waals surface area contributed by atoms with Crippen molar-refractivity contribution in [2.24, 2.45) is 0 Å². The van der Waals surface area contributed by atoms with E-state index in [9.17, 15) is 19.8 Å². The van der Waals surface area contributed by atoms with Gasteiger partial charge >= 0.3 is 0 Å². The fraction of sp³-hybridized carbons (Fsp3) is 0.231. The van der Waals surface area contributed by atoms with E-state index in [1.165, 1.54) is 0 Å². The van der Waals surface area contributed by atoms with Crippen molar-refractivity contribution in [1.29, 1.82) is 0 Å². The highest BCUT2D eigenvalue weighted by Gasteiger charge is 2.36. The van der Waals surface area contributed by atoms with Crippen molar-refractivity contribution in [1.82, 2.24) is 0 Å². The van der Waals surface area contributed by atoms with Crippen molar-refractivity contribution in [3.63, 3.8) is 0 Å². The van der Waals surface area contributed by atoms with Crippen LogP contribution in [0.25, 0.3) is 0 Å². The lowest BCUT2D eigenvalue weighted by atomic mass is 9.90. The minimum absolute atomic E-state index is 0.210. The number of carbonyl (C=O) groups is 2. The number of fused-ring (bicyclic) bond motifs is 1. The van der Waals surface area contributed by atoms with Crippen molar-refractivity contribution in [2.45, 2.75) is 25.4 Å². The summed E-state index contributed by atoms with van der Waals surface area (Å²) in [5, 5.41) is 23.7. The van der Waals surface area contributed by atoms with E-state index in [0.717, 1.165) is 5.56 Å². The van der Waals surface area contributed by atoms with Crippen LogP contribution in [0, 0.1) is 6.92 Å². The summed E-state index contributed by atoms with van der Waals surface area (Å²) in [5.41, 5.74) is 1.84. The molecule has 3 aromatic rings. The molecule has 0 aliphatic carbocycles. The first-order valence-electron chi connectivity index (χ1n) is 10.8. The zero-order valence-electron chi connectivity index (χ0n) is 18.2. The molecule has 7 heteroatoms. The van der Waals surface area contributed by atoms with Gasteiger partial charge in [0.15, 0.2) is 0 Å². The summed E-state index contributed by atoms with van der Waals surface area (Å²) in [7, 11) is 0. The maximum atomic E-state index is 13.4. The zero-order valence-corrected chi connectivity index (χ0v) is 19.0. The number of aliphatic hydroxyl groups is 2. The molecule has 0 bridgehead atoms. The Balaban J connectivity index is 1.61. The number of benzene rings is 3. The van der Waals surface area contributed by atoms with E-state index in [0.29, 0.717) is 41.9 Å². The van der Waals surface area contributed by atoms with Crippen LogP contribution < -0.4 is 10.2 Å². The van der Waals surface area contributed by atoms with Crippen LogP contribution in [-0.4, -0.2) is 35.2 Å². The molecule has 3 N–H and O–H groups in total. The average molecular weight is 465 g/mol. The van der Waals surface area contributed by atoms with Gasteiger partial charge in [0.25, 0.3) is 11.8 Å². The van der Waals surface area contributed by atoms with E-state index >= 15 is 0 Å². The number of nitrogens with zero attached hydrogens (tertiary/aromatic N) is 1. The summed E-state index contributed by atoms with van der Waals surface area (Å²) >= 11 is 6.47. The lowest BCUT2D eigenvalue weighted by molar-refractivity contribution is -0.0251. The molecule has 170 valence electrons. The number of halogens is 1. The topological polar surface area (TPSA) is 89.9 Å². The van der Waals surface area contributed by atoms with E-state index in [1.54, 1.807) is 59.5 Å². The molecule has 0 fully saturated rings. The van der Waals surface area contributed by atoms with Crippen LogP contribution in [0.1, 0.15) is 44.7 Å². The number of para-hydroxylation sites is 1. The lowest BCUT2D eigenvalue weighted by Gasteiger charge is -2.28. The van der Waals surface area contributed by atoms with Crippen molar-refractivity contribution in [2.75, 3.05) is 23.4 Å². The summed E-state index contributed by atoms with van der Waals surface area (Å²) in [6.07, 6.45) is 0.849. The molecule has 3 aromatic carbocycles. The minimum Gasteiger partial charge on any atom is -0.393 e. The van der Waals surface area contributed by atoms with Crippen molar-refractivity contribution >= 4 is 34.8 Å². The summed E-state index contributed by atoms with van der Waals surface area (Å²) < 4.78 is 0. The van der Waals surface area contributed by atoms with Crippen molar-refractivity contribution in [3.8, 4) is 0 Å². The quantitative estimate of drug-likeness (QED) is 0.529. The normalized spacial score (nSPS) is 17.8. The molecule has 2 amide bonds. The first-order chi connectivity index (χ1) is 15.8. The van der Waals surface area contributed by atoms with Crippen LogP contribution >= 0.6 is 11.6 Å². The fourth-order valence-corrected chi connectivity index (χ4v) is 4.46. The van der Waals surface area contributed by atoms with Crippen LogP contribution in [0.3, 0.4) is 0 Å². The predicted molar refractivity (Wildman–Crippen MR) is 129 cm³/mol. The van der Waals surface area contributed by atoms with Crippen LogP contribution in [-0.2, 0) is 5.60 Å². The monoisotopic (exact) mass is 464 g/mol. The van der Waals surface area contributed by atoms with Gasteiger partial charge < -0.3 is 20.4 Å². The van der Waals surface area contributed by atoms with Gasteiger partial charge in [-0.3, -0.25) is 9.59 Å². The standard InChI is InChI=1S/C26H25ClN2O4/c1-17-7-2-3-8-19(17)24(31)28-18-11-12-20(22(27)15-18)25(32)29-14-6-13-26(33,16-30)21-9-4-5-10-23(21)29/h2-5,7-12,15,30,33H,6,13-14,16H2,1H3,(H,28,31). The fourth-order valence-electron chi connectivity index (χ4n) is 4.20. The summed E-state index contributed by atoms with van der Waals surface area (Å²) in [6.45, 7) is 1.81. The first-order valence-corrected chi connectivity index (χ1v) is 11.1. The van der Waals surface area contributed by atoms with Crippen LogP contribution in [0.2, 0.25) is 5.02 Å². The number of hydrogen-bond donors (Lipinski definition) is 3. The first kappa shape index (κ1) is 23.0. The maximum Gasteiger partial charge on any atom is 0.259 e. The van der Waals surface area contributed by atoms with E-state index in [-0.39, 0.29) is 22.4 Å². The predicted octanol–water partition coefficient (Wildman–Crippen LogP) is 4.52. The molecule has 1 atom stereocenters. The Labute approximate surface area is 197 Å². The Bertz CT molecular complexity index is 1210. The smallest absolute Gasteiger partial charge is 0.259 e. The molecule has 0 saturated carbocycles. The molecule has 0 radical (unpaired) electrons. The molecule has 0 saturated heterocycles. The maximum absolute atomic E-state index is 13.4. The highest BCUT2D eigenvalue weighted by atomic mass is 35.5. The number of aliphatic hydroxyl groups excluding tert-OH is 1. The van der Waals surface area contributed by atoms with Gasteiger partial charge in [-0.25, -0.2) is 0 Å². The highest BCUT2D eigenvalue weighted by Crippen LogP contribution is 2.38. The number of anilines is 2. The number of hydrogen-bond acceptors (Lipinski definition) is 4. The van der Waals surface area contributed by atoms with Gasteiger partial charge in [0.1, 0.15) is 5.60 Å². The largest absolute Gasteiger partial charge is 0.393 e. The van der Waals surface area contributed by atoms with Gasteiger partial charge in [-0.05, 0) is 55.7 Å². The van der Waals surface area contributed by atoms with Gasteiger partial charge in [-0.2, -0.15) is 0 Å². The Morgan fingerprint density at radius 3 is 2.52 bits per heavy atom. The van der Waals surface area contributed by atoms with E-state index in [1.807, 2.05) is 19.1 Å². The van der Waals surface area contributed by atoms with Crippen molar-refractivity contribution in [3.05, 3.63) is 94.0 Å². The highest BCUT2D eigenvalue weighted by molar-refractivity contribution is 6.35. The number of rotatable bonds is 4. The number of aryl methyl sites for hydroxylation is 1. The lowest BCUT2D eigenvalue weighted by Crippen LogP contribution is -2.33. The Hall–Kier alpha value is -3.19.